The first-order valence-corrected chi connectivity index (χ1v) is 8.80. The van der Waals surface area contributed by atoms with Crippen LogP contribution in [0.5, 0.6) is 0 Å². The number of carbonyl (C=O) groups excluding carboxylic acids is 2. The molecule has 2 rings (SSSR count). The van der Waals surface area contributed by atoms with E-state index in [0.29, 0.717) is 11.4 Å². The molecule has 1 aromatic rings. The predicted octanol–water partition coefficient (Wildman–Crippen LogP) is 3.66. The molecule has 132 valence electrons. The number of benzene rings is 1. The third-order valence-corrected chi connectivity index (χ3v) is 4.32. The predicted molar refractivity (Wildman–Crippen MR) is 97.7 cm³/mol. The minimum absolute atomic E-state index is 0.136. The van der Waals surface area contributed by atoms with Crippen LogP contribution in [0.2, 0.25) is 0 Å². The molecule has 0 heterocycles. The number of hydrogen-bond donors (Lipinski definition) is 3. The molecule has 2 atom stereocenters. The number of nitrogen functional groups attached to an aromatic ring is 1. The minimum atomic E-state index is -0.563. The van der Waals surface area contributed by atoms with E-state index in [2.05, 4.69) is 26.6 Å². The van der Waals surface area contributed by atoms with E-state index in [1.165, 1.54) is 0 Å². The Bertz CT molecular complexity index is 628. The Morgan fingerprint density at radius 2 is 2.00 bits per heavy atom. The summed E-state index contributed by atoms with van der Waals surface area (Å²) in [5.74, 6) is -0.428. The molecular weight excluding hydrogens is 374 g/mol. The highest BCUT2D eigenvalue weighted by molar-refractivity contribution is 9.10. The summed E-state index contributed by atoms with van der Waals surface area (Å²) in [5.41, 5.74) is 6.42. The Kier molecular flexibility index (Phi) is 5.74. The largest absolute Gasteiger partial charge is 0.444 e. The van der Waals surface area contributed by atoms with Crippen LogP contribution < -0.4 is 16.4 Å². The zero-order valence-electron chi connectivity index (χ0n) is 14.2. The molecule has 1 aliphatic rings. The molecule has 24 heavy (non-hydrogen) atoms. The van der Waals surface area contributed by atoms with Crippen LogP contribution in [0, 0.1) is 5.92 Å². The molecule has 1 aliphatic carbocycles. The van der Waals surface area contributed by atoms with Gasteiger partial charge in [-0.2, -0.15) is 0 Å². The van der Waals surface area contributed by atoms with Gasteiger partial charge in [0.1, 0.15) is 5.60 Å². The molecule has 0 aromatic heterocycles. The standard InChI is InChI=1S/C17H24BrN3O3/c1-17(2,3)24-16(23)21-13-6-4-5-11(13)15(22)20-14-8-7-10(18)9-12(14)19/h7-9,11,13H,4-6,19H2,1-3H3,(H,20,22)(H,21,23). The Morgan fingerprint density at radius 3 is 2.62 bits per heavy atom. The lowest BCUT2D eigenvalue weighted by molar-refractivity contribution is -0.120. The number of rotatable bonds is 3. The highest BCUT2D eigenvalue weighted by Gasteiger charge is 2.35. The molecule has 0 saturated heterocycles. The third-order valence-electron chi connectivity index (χ3n) is 3.83. The monoisotopic (exact) mass is 397 g/mol. The Labute approximate surface area is 150 Å². The van der Waals surface area contributed by atoms with Gasteiger partial charge in [-0.05, 0) is 51.8 Å². The van der Waals surface area contributed by atoms with E-state index < -0.39 is 11.7 Å². The normalized spacial score (nSPS) is 20.5. The van der Waals surface area contributed by atoms with E-state index in [9.17, 15) is 9.59 Å². The second-order valence-electron chi connectivity index (χ2n) is 7.01. The Morgan fingerprint density at radius 1 is 1.29 bits per heavy atom. The summed E-state index contributed by atoms with van der Waals surface area (Å²) < 4.78 is 6.12. The fraction of sp³-hybridized carbons (Fsp3) is 0.529. The van der Waals surface area contributed by atoms with E-state index in [1.54, 1.807) is 12.1 Å². The zero-order valence-corrected chi connectivity index (χ0v) is 15.8. The van der Waals surface area contributed by atoms with Crippen LogP contribution in [0.25, 0.3) is 0 Å². The van der Waals surface area contributed by atoms with Crippen molar-refractivity contribution >= 4 is 39.3 Å². The molecule has 1 fully saturated rings. The molecule has 1 saturated carbocycles. The Hall–Kier alpha value is -1.76. The molecule has 0 aliphatic heterocycles. The minimum Gasteiger partial charge on any atom is -0.444 e. The molecule has 0 spiro atoms. The summed E-state index contributed by atoms with van der Waals surface area (Å²) >= 11 is 3.34. The van der Waals surface area contributed by atoms with Crippen LogP contribution in [0.4, 0.5) is 16.2 Å². The number of hydrogen-bond acceptors (Lipinski definition) is 4. The van der Waals surface area contributed by atoms with Crippen LogP contribution in [0.1, 0.15) is 40.0 Å². The van der Waals surface area contributed by atoms with Crippen molar-refractivity contribution < 1.29 is 14.3 Å². The van der Waals surface area contributed by atoms with E-state index >= 15 is 0 Å². The molecule has 2 amide bonds. The fourth-order valence-corrected chi connectivity index (χ4v) is 3.16. The van der Waals surface area contributed by atoms with Gasteiger partial charge in [0.15, 0.2) is 0 Å². The number of halogens is 1. The maximum atomic E-state index is 12.6. The first-order chi connectivity index (χ1) is 11.2. The molecule has 2 unspecified atom stereocenters. The van der Waals surface area contributed by atoms with Crippen molar-refractivity contribution in [2.45, 2.75) is 51.7 Å². The maximum absolute atomic E-state index is 12.6. The molecule has 0 radical (unpaired) electrons. The molecule has 7 heteroatoms. The first kappa shape index (κ1) is 18.6. The van der Waals surface area contributed by atoms with Crippen molar-refractivity contribution in [3.8, 4) is 0 Å². The molecule has 0 bridgehead atoms. The zero-order chi connectivity index (χ0) is 17.9. The van der Waals surface area contributed by atoms with Crippen molar-refractivity contribution in [2.75, 3.05) is 11.1 Å². The van der Waals surface area contributed by atoms with E-state index in [-0.39, 0.29) is 17.9 Å². The number of alkyl carbamates (subject to hydrolysis) is 1. The van der Waals surface area contributed by atoms with Crippen molar-refractivity contribution in [1.82, 2.24) is 5.32 Å². The lowest BCUT2D eigenvalue weighted by Crippen LogP contribution is -2.44. The highest BCUT2D eigenvalue weighted by atomic mass is 79.9. The number of nitrogens with one attached hydrogen (secondary N) is 2. The van der Waals surface area contributed by atoms with Gasteiger partial charge in [0, 0.05) is 10.5 Å². The van der Waals surface area contributed by atoms with Gasteiger partial charge in [-0.25, -0.2) is 4.79 Å². The van der Waals surface area contributed by atoms with Crippen molar-refractivity contribution in [3.63, 3.8) is 0 Å². The van der Waals surface area contributed by atoms with Gasteiger partial charge >= 0.3 is 6.09 Å². The third kappa shape index (κ3) is 5.12. The van der Waals surface area contributed by atoms with Gasteiger partial charge in [0.05, 0.1) is 17.3 Å². The molecular formula is C17H24BrN3O3. The summed E-state index contributed by atoms with van der Waals surface area (Å²) in [5, 5.41) is 5.67. The SMILES string of the molecule is CC(C)(C)OC(=O)NC1CCCC1C(=O)Nc1ccc(Br)cc1N. The van der Waals surface area contributed by atoms with Gasteiger partial charge in [0.25, 0.3) is 0 Å². The summed E-state index contributed by atoms with van der Waals surface area (Å²) in [7, 11) is 0. The lowest BCUT2D eigenvalue weighted by Gasteiger charge is -2.24. The topological polar surface area (TPSA) is 93.4 Å². The van der Waals surface area contributed by atoms with Crippen molar-refractivity contribution in [1.29, 1.82) is 0 Å². The highest BCUT2D eigenvalue weighted by Crippen LogP contribution is 2.29. The maximum Gasteiger partial charge on any atom is 0.407 e. The quantitative estimate of drug-likeness (QED) is 0.678. The van der Waals surface area contributed by atoms with Gasteiger partial charge in [-0.15, -0.1) is 0 Å². The van der Waals surface area contributed by atoms with Crippen LogP contribution in [-0.2, 0) is 9.53 Å². The van der Waals surface area contributed by atoms with E-state index in [1.807, 2.05) is 26.8 Å². The van der Waals surface area contributed by atoms with Crippen LogP contribution in [0.3, 0.4) is 0 Å². The van der Waals surface area contributed by atoms with Gasteiger partial charge < -0.3 is 21.1 Å². The van der Waals surface area contributed by atoms with Crippen LogP contribution >= 0.6 is 15.9 Å². The number of carbonyl (C=O) groups is 2. The second-order valence-corrected chi connectivity index (χ2v) is 7.93. The van der Waals surface area contributed by atoms with E-state index in [4.69, 9.17) is 10.5 Å². The first-order valence-electron chi connectivity index (χ1n) is 8.01. The average molecular weight is 398 g/mol. The molecule has 6 nitrogen and oxygen atoms in total. The molecule has 4 N–H and O–H groups in total. The Balaban J connectivity index is 1.99. The van der Waals surface area contributed by atoms with Crippen LogP contribution in [0.15, 0.2) is 22.7 Å². The summed E-state index contributed by atoms with van der Waals surface area (Å²) in [6.45, 7) is 5.42. The number of amides is 2. The summed E-state index contributed by atoms with van der Waals surface area (Å²) in [6, 6.07) is 5.08. The van der Waals surface area contributed by atoms with Gasteiger partial charge in [0.2, 0.25) is 5.91 Å². The van der Waals surface area contributed by atoms with Crippen LogP contribution in [-0.4, -0.2) is 23.6 Å². The summed E-state index contributed by atoms with van der Waals surface area (Å²) in [4.78, 5) is 24.5. The average Bonchev–Trinajstić information content (AvgIpc) is 2.87. The molecule has 1 aromatic carbocycles. The summed E-state index contributed by atoms with van der Waals surface area (Å²) in [6.07, 6.45) is 1.87. The number of nitrogens with two attached hydrogens (primary N) is 1. The number of anilines is 2. The fourth-order valence-electron chi connectivity index (χ4n) is 2.78. The van der Waals surface area contributed by atoms with Crippen molar-refractivity contribution in [2.24, 2.45) is 5.92 Å². The van der Waals surface area contributed by atoms with Gasteiger partial charge in [-0.1, -0.05) is 22.4 Å². The second kappa shape index (κ2) is 7.42. The van der Waals surface area contributed by atoms with Crippen molar-refractivity contribution in [3.05, 3.63) is 22.7 Å². The smallest absolute Gasteiger partial charge is 0.407 e. The lowest BCUT2D eigenvalue weighted by atomic mass is 10.0. The van der Waals surface area contributed by atoms with E-state index in [0.717, 1.165) is 23.7 Å². The number of ether oxygens (including phenoxy) is 1. The van der Waals surface area contributed by atoms with Gasteiger partial charge in [-0.3, -0.25) is 4.79 Å².